The number of hydrogen-bond acceptors (Lipinski definition) is 3. The molecule has 6 heteroatoms. The second-order valence-electron chi connectivity index (χ2n) is 4.80. The highest BCUT2D eigenvalue weighted by atomic mass is 79.9. The minimum atomic E-state index is -3.45. The van der Waals surface area contributed by atoms with E-state index >= 15 is 0 Å². The van der Waals surface area contributed by atoms with E-state index in [1.165, 1.54) is 0 Å². The maximum atomic E-state index is 12.7. The van der Waals surface area contributed by atoms with Crippen LogP contribution in [0.15, 0.2) is 29.2 Å². The zero-order chi connectivity index (χ0) is 14.0. The largest absolute Gasteiger partial charge is 0.374 e. The molecule has 1 aliphatic rings. The van der Waals surface area contributed by atoms with Crippen LogP contribution in [-0.2, 0) is 14.8 Å². The van der Waals surface area contributed by atoms with E-state index in [-0.39, 0.29) is 12.1 Å². The predicted molar refractivity (Wildman–Crippen MR) is 78.1 cm³/mol. The number of hydrogen-bond donors (Lipinski definition) is 0. The quantitative estimate of drug-likeness (QED) is 0.787. The highest BCUT2D eigenvalue weighted by Gasteiger charge is 2.35. The second kappa shape index (κ2) is 5.91. The van der Waals surface area contributed by atoms with Gasteiger partial charge in [0.25, 0.3) is 0 Å². The van der Waals surface area contributed by atoms with Crippen molar-refractivity contribution in [1.29, 1.82) is 0 Å². The standard InChI is InChI=1S/C13H18BrNO3S/c1-10-5-3-4-6-13(10)19(16,17)15-8-12(7-14)18-9-11(15)2/h3-6,11-12H,7-9H2,1-2H3. The van der Waals surface area contributed by atoms with Crippen LogP contribution in [0.4, 0.5) is 0 Å². The molecule has 4 nitrogen and oxygen atoms in total. The molecule has 0 bridgehead atoms. The summed E-state index contributed by atoms with van der Waals surface area (Å²) in [4.78, 5) is 0.386. The van der Waals surface area contributed by atoms with Crippen LogP contribution in [0.3, 0.4) is 0 Å². The van der Waals surface area contributed by atoms with Crippen molar-refractivity contribution in [2.24, 2.45) is 0 Å². The number of sulfonamides is 1. The summed E-state index contributed by atoms with van der Waals surface area (Å²) >= 11 is 3.35. The Bertz CT molecular complexity index is 547. The van der Waals surface area contributed by atoms with E-state index < -0.39 is 10.0 Å². The van der Waals surface area contributed by atoms with E-state index in [0.717, 1.165) is 5.56 Å². The first kappa shape index (κ1) is 15.0. The Hall–Kier alpha value is -0.430. The molecule has 2 atom stereocenters. The van der Waals surface area contributed by atoms with E-state index in [1.54, 1.807) is 16.4 Å². The van der Waals surface area contributed by atoms with Gasteiger partial charge in [-0.1, -0.05) is 34.1 Å². The summed E-state index contributed by atoms with van der Waals surface area (Å²) in [5.41, 5.74) is 0.775. The molecule has 1 heterocycles. The fourth-order valence-electron chi connectivity index (χ4n) is 2.19. The smallest absolute Gasteiger partial charge is 0.243 e. The van der Waals surface area contributed by atoms with Gasteiger partial charge in [-0.05, 0) is 25.5 Å². The van der Waals surface area contributed by atoms with Crippen LogP contribution in [0.2, 0.25) is 0 Å². The highest BCUT2D eigenvalue weighted by Crippen LogP contribution is 2.25. The van der Waals surface area contributed by atoms with Crippen molar-refractivity contribution in [1.82, 2.24) is 4.31 Å². The fourth-order valence-corrected chi connectivity index (χ4v) is 4.46. The van der Waals surface area contributed by atoms with E-state index in [9.17, 15) is 8.42 Å². The first-order valence-corrected chi connectivity index (χ1v) is 8.78. The third-order valence-corrected chi connectivity index (χ3v) is 6.16. The van der Waals surface area contributed by atoms with Gasteiger partial charge in [-0.2, -0.15) is 4.31 Å². The van der Waals surface area contributed by atoms with Crippen molar-refractivity contribution in [3.63, 3.8) is 0 Å². The van der Waals surface area contributed by atoms with Crippen molar-refractivity contribution in [3.05, 3.63) is 29.8 Å². The van der Waals surface area contributed by atoms with Gasteiger partial charge in [0.15, 0.2) is 0 Å². The zero-order valence-electron chi connectivity index (χ0n) is 11.0. The third kappa shape index (κ3) is 3.02. The average Bonchev–Trinajstić information content (AvgIpc) is 2.39. The number of ether oxygens (including phenoxy) is 1. The van der Waals surface area contributed by atoms with Gasteiger partial charge in [-0.15, -0.1) is 0 Å². The van der Waals surface area contributed by atoms with E-state index in [0.29, 0.717) is 23.4 Å². The molecule has 1 aromatic rings. The number of aryl methyl sites for hydroxylation is 1. The molecule has 0 aliphatic carbocycles. The SMILES string of the molecule is Cc1ccccc1S(=O)(=O)N1CC(CBr)OCC1C. The monoisotopic (exact) mass is 347 g/mol. The molecule has 106 valence electrons. The van der Waals surface area contributed by atoms with Gasteiger partial charge >= 0.3 is 0 Å². The van der Waals surface area contributed by atoms with Crippen molar-refractivity contribution < 1.29 is 13.2 Å². The van der Waals surface area contributed by atoms with Crippen molar-refractivity contribution in [3.8, 4) is 0 Å². The lowest BCUT2D eigenvalue weighted by Gasteiger charge is -2.36. The van der Waals surface area contributed by atoms with Crippen LogP contribution < -0.4 is 0 Å². The average molecular weight is 348 g/mol. The molecular formula is C13H18BrNO3S. The van der Waals surface area contributed by atoms with Crippen molar-refractivity contribution in [2.75, 3.05) is 18.5 Å². The molecule has 0 aromatic heterocycles. The number of benzene rings is 1. The van der Waals surface area contributed by atoms with Crippen LogP contribution in [0.1, 0.15) is 12.5 Å². The normalized spacial score (nSPS) is 25.4. The Kier molecular flexibility index (Phi) is 4.66. The number of rotatable bonds is 3. The van der Waals surface area contributed by atoms with E-state index in [2.05, 4.69) is 15.9 Å². The predicted octanol–water partition coefficient (Wildman–Crippen LogP) is 2.17. The molecule has 19 heavy (non-hydrogen) atoms. The first-order chi connectivity index (χ1) is 8.96. The summed E-state index contributed by atoms with van der Waals surface area (Å²) in [7, 11) is -3.45. The van der Waals surface area contributed by atoms with Crippen LogP contribution in [0.25, 0.3) is 0 Å². The highest BCUT2D eigenvalue weighted by molar-refractivity contribution is 9.09. The Balaban J connectivity index is 2.36. The summed E-state index contributed by atoms with van der Waals surface area (Å²) in [6.45, 7) is 4.52. The molecule has 1 fully saturated rings. The molecule has 0 amide bonds. The molecule has 0 spiro atoms. The lowest BCUT2D eigenvalue weighted by atomic mass is 10.2. The van der Waals surface area contributed by atoms with Crippen molar-refractivity contribution >= 4 is 26.0 Å². The van der Waals surface area contributed by atoms with Gasteiger partial charge in [-0.25, -0.2) is 8.42 Å². The molecule has 2 rings (SSSR count). The van der Waals surface area contributed by atoms with Gasteiger partial charge in [0, 0.05) is 17.9 Å². The molecule has 0 saturated carbocycles. The summed E-state index contributed by atoms with van der Waals surface area (Å²) in [6, 6.07) is 6.95. The van der Waals surface area contributed by atoms with Crippen LogP contribution >= 0.6 is 15.9 Å². The molecule has 1 saturated heterocycles. The van der Waals surface area contributed by atoms with E-state index in [1.807, 2.05) is 26.0 Å². The second-order valence-corrected chi connectivity index (χ2v) is 7.31. The van der Waals surface area contributed by atoms with Crippen molar-refractivity contribution in [2.45, 2.75) is 30.9 Å². The van der Waals surface area contributed by atoms with Crippen LogP contribution in [0.5, 0.6) is 0 Å². The van der Waals surface area contributed by atoms with Gasteiger partial charge in [0.05, 0.1) is 17.6 Å². The molecule has 2 unspecified atom stereocenters. The Morgan fingerprint density at radius 2 is 2.11 bits per heavy atom. The molecule has 1 aliphatic heterocycles. The minimum absolute atomic E-state index is 0.0880. The zero-order valence-corrected chi connectivity index (χ0v) is 13.4. The summed E-state index contributed by atoms with van der Waals surface area (Å²) < 4.78 is 32.6. The number of alkyl halides is 1. The maximum Gasteiger partial charge on any atom is 0.243 e. The summed E-state index contributed by atoms with van der Waals surface area (Å²) in [6.07, 6.45) is -0.0880. The maximum absolute atomic E-state index is 12.7. The fraction of sp³-hybridized carbons (Fsp3) is 0.538. The van der Waals surface area contributed by atoms with Gasteiger partial charge in [0.2, 0.25) is 10.0 Å². The van der Waals surface area contributed by atoms with Gasteiger partial charge in [-0.3, -0.25) is 0 Å². The Labute approximate surface area is 122 Å². The van der Waals surface area contributed by atoms with Crippen LogP contribution in [0, 0.1) is 6.92 Å². The Morgan fingerprint density at radius 1 is 1.42 bits per heavy atom. The summed E-state index contributed by atoms with van der Waals surface area (Å²) in [5.74, 6) is 0. The summed E-state index contributed by atoms with van der Waals surface area (Å²) in [5, 5.41) is 0.638. The molecule has 1 aromatic carbocycles. The molecule has 0 radical (unpaired) electrons. The topological polar surface area (TPSA) is 46.6 Å². The molecular weight excluding hydrogens is 330 g/mol. The lowest BCUT2D eigenvalue weighted by molar-refractivity contribution is -0.0139. The van der Waals surface area contributed by atoms with Crippen LogP contribution in [-0.4, -0.2) is 43.4 Å². The number of halogens is 1. The Morgan fingerprint density at radius 3 is 2.74 bits per heavy atom. The van der Waals surface area contributed by atoms with E-state index in [4.69, 9.17) is 4.74 Å². The minimum Gasteiger partial charge on any atom is -0.374 e. The number of nitrogens with zero attached hydrogens (tertiary/aromatic N) is 1. The van der Waals surface area contributed by atoms with Gasteiger partial charge < -0.3 is 4.74 Å². The lowest BCUT2D eigenvalue weighted by Crippen LogP contribution is -2.51. The molecule has 0 N–H and O–H groups in total. The first-order valence-electron chi connectivity index (χ1n) is 6.22. The number of morpholine rings is 1. The third-order valence-electron chi connectivity index (χ3n) is 3.30. The van der Waals surface area contributed by atoms with Gasteiger partial charge in [0.1, 0.15) is 0 Å².